The number of aryl methyl sites for hydroxylation is 1. The average molecular weight is 330 g/mol. The predicted molar refractivity (Wildman–Crippen MR) is 102 cm³/mol. The third-order valence-electron chi connectivity index (χ3n) is 3.49. The minimum absolute atomic E-state index is 0.154. The fourth-order valence-corrected chi connectivity index (χ4v) is 2.15. The molecular weight excluding hydrogens is 300 g/mol. The molecule has 1 heterocycles. The number of hydrogen-bond donors (Lipinski definition) is 2. The van der Waals surface area contributed by atoms with E-state index in [-0.39, 0.29) is 16.9 Å². The van der Waals surface area contributed by atoms with Crippen molar-refractivity contribution in [2.45, 2.75) is 53.9 Å². The fraction of sp³-hybridized carbons (Fsp3) is 0.400. The minimum Gasteiger partial charge on any atom is -0.364 e. The number of hydrogen-bond acceptors (Lipinski definition) is 2. The van der Waals surface area contributed by atoms with E-state index in [1.807, 2.05) is 39.8 Å². The summed E-state index contributed by atoms with van der Waals surface area (Å²) in [6.45, 7) is 13.4. The van der Waals surface area contributed by atoms with Crippen molar-refractivity contribution < 1.29 is 4.79 Å². The largest absolute Gasteiger partial charge is 0.364 e. The third kappa shape index (κ3) is 6.03. The van der Waals surface area contributed by atoms with E-state index in [0.29, 0.717) is 5.70 Å². The van der Waals surface area contributed by atoms with E-state index < -0.39 is 0 Å². The van der Waals surface area contributed by atoms with E-state index in [0.717, 1.165) is 30.5 Å². The Morgan fingerprint density at radius 3 is 2.33 bits per heavy atom. The molecule has 1 aromatic heterocycles. The first-order valence-electron chi connectivity index (χ1n) is 8.49. The SMILES string of the molecule is C/C=C\C.C=C/C(=C\C)NC(=O)c1c[nH]c2c(c1=O)CCC2.CC. The summed E-state index contributed by atoms with van der Waals surface area (Å²) in [4.78, 5) is 27.2. The van der Waals surface area contributed by atoms with Crippen molar-refractivity contribution in [3.8, 4) is 0 Å². The highest BCUT2D eigenvalue weighted by atomic mass is 16.2. The summed E-state index contributed by atoms with van der Waals surface area (Å²) in [6.07, 6.45) is 11.4. The van der Waals surface area contributed by atoms with Crippen LogP contribution in [0, 0.1) is 0 Å². The first-order chi connectivity index (χ1) is 11.6. The standard InChI is InChI=1S/C14H16N2O2.C4H8.C2H6/c1-3-9(4-2)16-14(18)11-8-15-12-7-5-6-10(12)13(11)17;1-3-4-2;1-2/h3-4,8H,1,5-7H2,2H3,(H,15,17)(H,16,18);3-4H,1-2H3;1-2H3/b9-4+;4-3-;. The van der Waals surface area contributed by atoms with Crippen molar-refractivity contribution in [1.82, 2.24) is 10.3 Å². The van der Waals surface area contributed by atoms with Crippen LogP contribution in [0.4, 0.5) is 0 Å². The molecule has 2 N–H and O–H groups in total. The normalized spacial score (nSPS) is 12.5. The Balaban J connectivity index is 0.000000773. The summed E-state index contributed by atoms with van der Waals surface area (Å²) >= 11 is 0. The van der Waals surface area contributed by atoms with E-state index in [9.17, 15) is 9.59 Å². The molecule has 132 valence electrons. The number of allylic oxidation sites excluding steroid dienone is 4. The smallest absolute Gasteiger partial charge is 0.261 e. The van der Waals surface area contributed by atoms with Crippen LogP contribution in [0.5, 0.6) is 0 Å². The van der Waals surface area contributed by atoms with Gasteiger partial charge in [0.25, 0.3) is 5.91 Å². The number of nitrogens with one attached hydrogen (secondary N) is 2. The quantitative estimate of drug-likeness (QED) is 0.641. The lowest BCUT2D eigenvalue weighted by Crippen LogP contribution is -2.29. The molecule has 0 bridgehead atoms. The second-order valence-electron chi connectivity index (χ2n) is 4.91. The Bertz CT molecular complexity index is 648. The second-order valence-corrected chi connectivity index (χ2v) is 4.91. The molecule has 2 rings (SSSR count). The molecule has 1 aliphatic carbocycles. The molecule has 1 aromatic rings. The van der Waals surface area contributed by atoms with Crippen molar-refractivity contribution in [2.24, 2.45) is 0 Å². The highest BCUT2D eigenvalue weighted by molar-refractivity contribution is 5.95. The number of pyridine rings is 1. The molecule has 1 amide bonds. The molecule has 0 fully saturated rings. The van der Waals surface area contributed by atoms with E-state index in [1.165, 1.54) is 6.20 Å². The summed E-state index contributed by atoms with van der Waals surface area (Å²) in [5, 5.41) is 2.65. The minimum atomic E-state index is -0.390. The molecule has 24 heavy (non-hydrogen) atoms. The first-order valence-corrected chi connectivity index (χ1v) is 8.49. The number of fused-ring (bicyclic) bond motifs is 1. The predicted octanol–water partition coefficient (Wildman–Crippen LogP) is 4.29. The van der Waals surface area contributed by atoms with Crippen LogP contribution >= 0.6 is 0 Å². The van der Waals surface area contributed by atoms with Gasteiger partial charge in [0.05, 0.1) is 0 Å². The summed E-state index contributed by atoms with van der Waals surface area (Å²) in [7, 11) is 0. The number of amides is 1. The molecular formula is C20H30N2O2. The van der Waals surface area contributed by atoms with Crippen LogP contribution in [0.1, 0.15) is 62.7 Å². The maximum absolute atomic E-state index is 12.1. The molecule has 0 radical (unpaired) electrons. The van der Waals surface area contributed by atoms with Crippen LogP contribution in [-0.2, 0) is 12.8 Å². The van der Waals surface area contributed by atoms with E-state index >= 15 is 0 Å². The van der Waals surface area contributed by atoms with Gasteiger partial charge in [-0.2, -0.15) is 0 Å². The number of rotatable bonds is 3. The van der Waals surface area contributed by atoms with E-state index in [1.54, 1.807) is 19.1 Å². The highest BCUT2D eigenvalue weighted by Crippen LogP contribution is 2.16. The maximum atomic E-state index is 12.1. The van der Waals surface area contributed by atoms with E-state index in [4.69, 9.17) is 0 Å². The summed E-state index contributed by atoms with van der Waals surface area (Å²) in [5.74, 6) is -0.390. The molecule has 4 nitrogen and oxygen atoms in total. The lowest BCUT2D eigenvalue weighted by Gasteiger charge is -2.06. The zero-order valence-corrected chi connectivity index (χ0v) is 15.5. The Kier molecular flexibility index (Phi) is 10.9. The van der Waals surface area contributed by atoms with Crippen LogP contribution in [0.3, 0.4) is 0 Å². The van der Waals surface area contributed by atoms with Crippen LogP contribution in [0.25, 0.3) is 0 Å². The van der Waals surface area contributed by atoms with Gasteiger partial charge in [-0.25, -0.2) is 0 Å². The molecule has 0 aromatic carbocycles. The van der Waals surface area contributed by atoms with Crippen molar-refractivity contribution in [2.75, 3.05) is 0 Å². The van der Waals surface area contributed by atoms with Gasteiger partial charge in [-0.15, -0.1) is 0 Å². The van der Waals surface area contributed by atoms with Gasteiger partial charge < -0.3 is 10.3 Å². The van der Waals surface area contributed by atoms with Crippen LogP contribution in [-0.4, -0.2) is 10.9 Å². The molecule has 0 saturated heterocycles. The van der Waals surface area contributed by atoms with Crippen LogP contribution < -0.4 is 10.7 Å². The molecule has 0 spiro atoms. The monoisotopic (exact) mass is 330 g/mol. The lowest BCUT2D eigenvalue weighted by molar-refractivity contribution is 0.0965. The summed E-state index contributed by atoms with van der Waals surface area (Å²) in [6, 6.07) is 0. The zero-order chi connectivity index (χ0) is 18.5. The van der Waals surface area contributed by atoms with Crippen LogP contribution in [0.15, 0.2) is 47.6 Å². The number of aromatic amines is 1. The molecule has 1 aliphatic rings. The van der Waals surface area contributed by atoms with Gasteiger partial charge in [0.15, 0.2) is 5.43 Å². The highest BCUT2D eigenvalue weighted by Gasteiger charge is 2.20. The Labute approximate surface area is 145 Å². The molecule has 0 saturated carbocycles. The zero-order valence-electron chi connectivity index (χ0n) is 15.5. The van der Waals surface area contributed by atoms with Crippen molar-refractivity contribution in [1.29, 1.82) is 0 Å². The fourth-order valence-electron chi connectivity index (χ4n) is 2.15. The van der Waals surface area contributed by atoms with Gasteiger partial charge in [0.2, 0.25) is 0 Å². The maximum Gasteiger partial charge on any atom is 0.261 e. The summed E-state index contributed by atoms with van der Waals surface area (Å²) < 4.78 is 0. The third-order valence-corrected chi connectivity index (χ3v) is 3.49. The number of aromatic nitrogens is 1. The summed E-state index contributed by atoms with van der Waals surface area (Å²) in [5.41, 5.74) is 2.32. The van der Waals surface area contributed by atoms with Gasteiger partial charge in [-0.05, 0) is 46.1 Å². The van der Waals surface area contributed by atoms with Gasteiger partial charge >= 0.3 is 0 Å². The van der Waals surface area contributed by atoms with Gasteiger partial charge in [0.1, 0.15) is 5.56 Å². The average Bonchev–Trinajstić information content (AvgIpc) is 3.11. The van der Waals surface area contributed by atoms with Crippen LogP contribution in [0.2, 0.25) is 0 Å². The van der Waals surface area contributed by atoms with Crippen molar-refractivity contribution >= 4 is 5.91 Å². The Morgan fingerprint density at radius 2 is 1.83 bits per heavy atom. The molecule has 0 unspecified atom stereocenters. The molecule has 0 atom stereocenters. The molecule has 4 heteroatoms. The number of carbonyl (C=O) groups excluding carboxylic acids is 1. The molecule has 0 aliphatic heterocycles. The van der Waals surface area contributed by atoms with E-state index in [2.05, 4.69) is 16.9 Å². The number of carbonyl (C=O) groups is 1. The van der Waals surface area contributed by atoms with Gasteiger partial charge in [-0.1, -0.05) is 38.7 Å². The lowest BCUT2D eigenvalue weighted by atomic mass is 10.1. The number of H-pyrrole nitrogens is 1. The Morgan fingerprint density at radius 1 is 1.21 bits per heavy atom. The van der Waals surface area contributed by atoms with Gasteiger partial charge in [0, 0.05) is 23.2 Å². The first kappa shape index (κ1) is 21.6. The Hall–Kier alpha value is -2.36. The van der Waals surface area contributed by atoms with Gasteiger partial charge in [-0.3, -0.25) is 9.59 Å². The topological polar surface area (TPSA) is 62.0 Å². The van der Waals surface area contributed by atoms with Crippen molar-refractivity contribution in [3.05, 3.63) is 69.8 Å². The van der Waals surface area contributed by atoms with Crippen molar-refractivity contribution in [3.63, 3.8) is 0 Å². The second kappa shape index (κ2) is 12.1.